The van der Waals surface area contributed by atoms with Crippen LogP contribution in [0.25, 0.3) is 0 Å². The molecule has 0 saturated heterocycles. The van der Waals surface area contributed by atoms with Crippen LogP contribution in [0.1, 0.15) is 21.5 Å². The molecular formula is C11H10F3NO3. The van der Waals surface area contributed by atoms with Gasteiger partial charge in [-0.2, -0.15) is 13.2 Å². The van der Waals surface area contributed by atoms with E-state index in [9.17, 15) is 22.8 Å². The van der Waals surface area contributed by atoms with Gasteiger partial charge in [-0.25, -0.2) is 4.79 Å². The minimum atomic E-state index is -5.01. The number of carbonyl (C=O) groups is 2. The summed E-state index contributed by atoms with van der Waals surface area (Å²) >= 11 is 0. The molecule has 0 unspecified atom stereocenters. The fourth-order valence-electron chi connectivity index (χ4n) is 1.36. The van der Waals surface area contributed by atoms with Crippen molar-refractivity contribution in [2.24, 2.45) is 0 Å². The maximum Gasteiger partial charge on any atom is 0.471 e. The van der Waals surface area contributed by atoms with Crippen molar-refractivity contribution in [2.75, 3.05) is 5.32 Å². The molecule has 0 fully saturated rings. The van der Waals surface area contributed by atoms with Crippen LogP contribution in [-0.4, -0.2) is 23.2 Å². The van der Waals surface area contributed by atoms with Crippen LogP contribution in [0.3, 0.4) is 0 Å². The molecule has 0 spiro atoms. The van der Waals surface area contributed by atoms with E-state index in [1.165, 1.54) is 13.0 Å². The normalized spacial score (nSPS) is 11.2. The van der Waals surface area contributed by atoms with Gasteiger partial charge in [-0.05, 0) is 37.1 Å². The molecule has 7 heteroatoms. The molecule has 2 N–H and O–H groups in total. The van der Waals surface area contributed by atoms with Gasteiger partial charge in [0.2, 0.25) is 0 Å². The number of benzene rings is 1. The first-order valence-electron chi connectivity index (χ1n) is 4.85. The van der Waals surface area contributed by atoms with Gasteiger partial charge in [-0.3, -0.25) is 4.79 Å². The van der Waals surface area contributed by atoms with Crippen LogP contribution in [0.5, 0.6) is 0 Å². The minimum absolute atomic E-state index is 0.146. The highest BCUT2D eigenvalue weighted by Crippen LogP contribution is 2.23. The van der Waals surface area contributed by atoms with Crippen LogP contribution in [0.2, 0.25) is 0 Å². The summed E-state index contributed by atoms with van der Waals surface area (Å²) in [6.45, 7) is 3.08. The monoisotopic (exact) mass is 261 g/mol. The predicted octanol–water partition coefficient (Wildman–Crippen LogP) is 2.50. The first-order chi connectivity index (χ1) is 8.12. The maximum atomic E-state index is 12.0. The van der Waals surface area contributed by atoms with Crippen LogP contribution < -0.4 is 5.32 Å². The number of hydrogen-bond donors (Lipinski definition) is 2. The van der Waals surface area contributed by atoms with Gasteiger partial charge in [0.1, 0.15) is 0 Å². The van der Waals surface area contributed by atoms with Crippen molar-refractivity contribution < 1.29 is 27.9 Å². The van der Waals surface area contributed by atoms with E-state index in [4.69, 9.17) is 5.11 Å². The number of carboxylic acids is 1. The fourth-order valence-corrected chi connectivity index (χ4v) is 1.36. The third-order valence-electron chi connectivity index (χ3n) is 2.41. The van der Waals surface area contributed by atoms with Crippen LogP contribution >= 0.6 is 0 Å². The zero-order chi connectivity index (χ0) is 14.1. The van der Waals surface area contributed by atoms with Crippen LogP contribution in [-0.2, 0) is 4.79 Å². The molecular weight excluding hydrogens is 251 g/mol. The van der Waals surface area contributed by atoms with Crippen LogP contribution in [0, 0.1) is 13.8 Å². The number of aryl methyl sites for hydroxylation is 1. The van der Waals surface area contributed by atoms with Crippen molar-refractivity contribution in [3.8, 4) is 0 Å². The smallest absolute Gasteiger partial charge is 0.471 e. The van der Waals surface area contributed by atoms with Gasteiger partial charge < -0.3 is 10.4 Å². The number of carboxylic acid groups (broad SMARTS) is 1. The molecule has 0 bridgehead atoms. The Balaban J connectivity index is 3.13. The Labute approximate surface area is 100 Å². The topological polar surface area (TPSA) is 66.4 Å². The summed E-state index contributed by atoms with van der Waals surface area (Å²) in [5, 5.41) is 10.5. The Hall–Kier alpha value is -2.05. The molecule has 0 aliphatic carbocycles. The molecule has 0 heterocycles. The molecule has 0 atom stereocenters. The average Bonchev–Trinajstić information content (AvgIpc) is 2.21. The molecule has 0 radical (unpaired) electrons. The first kappa shape index (κ1) is 14.0. The van der Waals surface area contributed by atoms with Crippen molar-refractivity contribution in [1.82, 2.24) is 0 Å². The van der Waals surface area contributed by atoms with E-state index in [2.05, 4.69) is 0 Å². The third kappa shape index (κ3) is 2.99. The molecule has 1 aromatic rings. The molecule has 0 aliphatic heterocycles. The molecule has 1 aromatic carbocycles. The predicted molar refractivity (Wildman–Crippen MR) is 57.6 cm³/mol. The molecule has 1 rings (SSSR count). The second kappa shape index (κ2) is 4.67. The zero-order valence-electron chi connectivity index (χ0n) is 9.55. The van der Waals surface area contributed by atoms with E-state index >= 15 is 0 Å². The van der Waals surface area contributed by atoms with Crippen LogP contribution in [0.15, 0.2) is 12.1 Å². The summed E-state index contributed by atoms with van der Waals surface area (Å²) in [6.07, 6.45) is -5.01. The summed E-state index contributed by atoms with van der Waals surface area (Å²) in [6, 6.07) is 2.28. The molecule has 0 saturated carbocycles. The van der Waals surface area contributed by atoms with Crippen LogP contribution in [0.4, 0.5) is 18.9 Å². The Morgan fingerprint density at radius 2 is 1.78 bits per heavy atom. The Morgan fingerprint density at radius 3 is 2.22 bits per heavy atom. The second-order valence-corrected chi connectivity index (χ2v) is 3.72. The van der Waals surface area contributed by atoms with E-state index in [0.29, 0.717) is 11.1 Å². The number of hydrogen-bond acceptors (Lipinski definition) is 2. The molecule has 18 heavy (non-hydrogen) atoms. The summed E-state index contributed by atoms with van der Waals surface area (Å²) in [5.41, 5.74) is 0.574. The quantitative estimate of drug-likeness (QED) is 0.859. The Kier molecular flexibility index (Phi) is 3.64. The number of rotatable bonds is 2. The van der Waals surface area contributed by atoms with Crippen molar-refractivity contribution in [1.29, 1.82) is 0 Å². The summed E-state index contributed by atoms with van der Waals surface area (Å²) in [4.78, 5) is 21.6. The first-order valence-corrected chi connectivity index (χ1v) is 4.85. The SMILES string of the molecule is Cc1cc(NC(=O)C(F)(F)F)cc(C(=O)O)c1C. The van der Waals surface area contributed by atoms with Crippen molar-refractivity contribution in [3.63, 3.8) is 0 Å². The summed E-state index contributed by atoms with van der Waals surface area (Å²) < 4.78 is 36.1. The molecule has 1 amide bonds. The van der Waals surface area contributed by atoms with E-state index < -0.39 is 18.1 Å². The third-order valence-corrected chi connectivity index (χ3v) is 2.41. The van der Waals surface area contributed by atoms with Gasteiger partial charge in [0.25, 0.3) is 0 Å². The minimum Gasteiger partial charge on any atom is -0.478 e. The molecule has 98 valence electrons. The lowest BCUT2D eigenvalue weighted by molar-refractivity contribution is -0.167. The van der Waals surface area contributed by atoms with Crippen molar-refractivity contribution in [3.05, 3.63) is 28.8 Å². The lowest BCUT2D eigenvalue weighted by Gasteiger charge is -2.11. The largest absolute Gasteiger partial charge is 0.478 e. The van der Waals surface area contributed by atoms with Gasteiger partial charge in [-0.1, -0.05) is 0 Å². The number of aromatic carboxylic acids is 1. The van der Waals surface area contributed by atoms with E-state index in [1.807, 2.05) is 0 Å². The summed E-state index contributed by atoms with van der Waals surface area (Å²) in [5.74, 6) is -3.40. The number of alkyl halides is 3. The summed E-state index contributed by atoms with van der Waals surface area (Å²) in [7, 11) is 0. The highest BCUT2D eigenvalue weighted by atomic mass is 19.4. The standard InChI is InChI=1S/C11H10F3NO3/c1-5-3-7(15-10(18)11(12,13)14)4-8(6(5)2)9(16)17/h3-4H,1-2H3,(H,15,18)(H,16,17). The highest BCUT2D eigenvalue weighted by Gasteiger charge is 2.38. The lowest BCUT2D eigenvalue weighted by Crippen LogP contribution is -2.30. The van der Waals surface area contributed by atoms with Gasteiger partial charge in [0.05, 0.1) is 5.56 Å². The second-order valence-electron chi connectivity index (χ2n) is 3.72. The van der Waals surface area contributed by atoms with Crippen molar-refractivity contribution >= 4 is 17.6 Å². The molecule has 0 aromatic heterocycles. The van der Waals surface area contributed by atoms with Gasteiger partial charge in [0, 0.05) is 5.69 Å². The number of halogens is 3. The highest BCUT2D eigenvalue weighted by molar-refractivity contribution is 5.97. The number of anilines is 1. The number of amides is 1. The molecule has 0 aliphatic rings. The Bertz CT molecular complexity index is 509. The van der Waals surface area contributed by atoms with Crippen molar-refractivity contribution in [2.45, 2.75) is 20.0 Å². The fraction of sp³-hybridized carbons (Fsp3) is 0.273. The van der Waals surface area contributed by atoms with E-state index in [0.717, 1.165) is 6.07 Å². The van der Waals surface area contributed by atoms with Gasteiger partial charge >= 0.3 is 18.1 Å². The van der Waals surface area contributed by atoms with E-state index in [1.54, 1.807) is 12.2 Å². The number of carbonyl (C=O) groups excluding carboxylic acids is 1. The average molecular weight is 261 g/mol. The Morgan fingerprint density at radius 1 is 1.22 bits per heavy atom. The van der Waals surface area contributed by atoms with E-state index in [-0.39, 0.29) is 11.3 Å². The van der Waals surface area contributed by atoms with Gasteiger partial charge in [0.15, 0.2) is 0 Å². The lowest BCUT2D eigenvalue weighted by atomic mass is 10.0. The number of nitrogens with one attached hydrogen (secondary N) is 1. The maximum absolute atomic E-state index is 12.0. The van der Waals surface area contributed by atoms with Gasteiger partial charge in [-0.15, -0.1) is 0 Å². The molecule has 4 nitrogen and oxygen atoms in total. The zero-order valence-corrected chi connectivity index (χ0v) is 9.55.